The monoisotopic (exact) mass is 457 g/mol. The van der Waals surface area contributed by atoms with Crippen LogP contribution in [0.25, 0.3) is 27.5 Å². The number of hydrogen-bond acceptors (Lipinski definition) is 0. The first-order valence-electron chi connectivity index (χ1n) is 10.1. The van der Waals surface area contributed by atoms with Gasteiger partial charge in [-0.15, -0.1) is 0 Å². The van der Waals surface area contributed by atoms with Crippen LogP contribution in [0.5, 0.6) is 0 Å². The van der Waals surface area contributed by atoms with Gasteiger partial charge in [0, 0.05) is 16.5 Å². The van der Waals surface area contributed by atoms with Crippen molar-refractivity contribution < 1.29 is 0 Å². The summed E-state index contributed by atoms with van der Waals surface area (Å²) >= 11 is 19.0. The maximum atomic E-state index is 6.38. The summed E-state index contributed by atoms with van der Waals surface area (Å²) in [7, 11) is 0. The smallest absolute Gasteiger partial charge is 0.0780 e. The van der Waals surface area contributed by atoms with Crippen molar-refractivity contribution in [3.63, 3.8) is 0 Å². The molecule has 0 unspecified atom stereocenters. The van der Waals surface area contributed by atoms with E-state index < -0.39 is 0 Å². The Morgan fingerprint density at radius 2 is 1.00 bits per heavy atom. The number of rotatable bonds is 1. The second-order valence-corrected chi connectivity index (χ2v) is 11.2. The van der Waals surface area contributed by atoms with Crippen LogP contribution in [-0.4, -0.2) is 4.57 Å². The molecule has 156 valence electrons. The van der Waals surface area contributed by atoms with Crippen LogP contribution in [0.4, 0.5) is 0 Å². The minimum atomic E-state index is 0.0666. The average Bonchev–Trinajstić information content (AvgIpc) is 2.97. The van der Waals surface area contributed by atoms with Crippen LogP contribution in [-0.2, 0) is 10.8 Å². The van der Waals surface area contributed by atoms with E-state index in [0.29, 0.717) is 15.1 Å². The molecule has 0 N–H and O–H groups in total. The Morgan fingerprint density at radius 3 is 1.37 bits per heavy atom. The predicted octanol–water partition coefficient (Wildman–Crippen LogP) is 9.34. The van der Waals surface area contributed by atoms with Crippen LogP contribution in [0.2, 0.25) is 15.1 Å². The van der Waals surface area contributed by atoms with Gasteiger partial charge in [-0.2, -0.15) is 0 Å². The van der Waals surface area contributed by atoms with Crippen LogP contribution in [0.15, 0.2) is 48.5 Å². The highest BCUT2D eigenvalue weighted by molar-refractivity contribution is 6.48. The molecular formula is C26H26Cl3N. The molecule has 0 spiro atoms. The largest absolute Gasteiger partial charge is 0.309 e. The summed E-state index contributed by atoms with van der Waals surface area (Å²) in [5.74, 6) is 0. The number of halogens is 3. The standard InChI is InChI=1S/C26H26Cl3N/c1-25(2,3)15-7-9-22-18(11-15)19-12-16(26(4,5)6)8-10-23(19)30(22)17-13-20(27)24(29)21(28)14-17/h7-14H,1-6H3. The Hall–Kier alpha value is -1.67. The predicted molar refractivity (Wildman–Crippen MR) is 133 cm³/mol. The fourth-order valence-corrected chi connectivity index (χ4v) is 4.49. The van der Waals surface area contributed by atoms with Gasteiger partial charge in [-0.3, -0.25) is 0 Å². The summed E-state index contributed by atoms with van der Waals surface area (Å²) in [4.78, 5) is 0. The normalized spacial score (nSPS) is 12.8. The number of benzene rings is 3. The van der Waals surface area contributed by atoms with Crippen molar-refractivity contribution in [3.8, 4) is 5.69 Å². The van der Waals surface area contributed by atoms with Gasteiger partial charge in [0.2, 0.25) is 0 Å². The van der Waals surface area contributed by atoms with Gasteiger partial charge >= 0.3 is 0 Å². The van der Waals surface area contributed by atoms with Gasteiger partial charge < -0.3 is 4.57 Å². The van der Waals surface area contributed by atoms with E-state index in [9.17, 15) is 0 Å². The molecule has 0 aliphatic carbocycles. The van der Waals surface area contributed by atoms with Crippen LogP contribution < -0.4 is 0 Å². The zero-order valence-corrected chi connectivity index (χ0v) is 20.5. The maximum absolute atomic E-state index is 6.38. The summed E-state index contributed by atoms with van der Waals surface area (Å²) in [6.07, 6.45) is 0. The van der Waals surface area contributed by atoms with Crippen molar-refractivity contribution in [1.82, 2.24) is 4.57 Å². The molecule has 4 rings (SSSR count). The highest BCUT2D eigenvalue weighted by Gasteiger charge is 2.21. The highest BCUT2D eigenvalue weighted by Crippen LogP contribution is 2.39. The lowest BCUT2D eigenvalue weighted by molar-refractivity contribution is 0.590. The molecule has 0 radical (unpaired) electrons. The molecule has 0 atom stereocenters. The van der Waals surface area contributed by atoms with Gasteiger partial charge in [-0.1, -0.05) is 88.5 Å². The number of hydrogen-bond donors (Lipinski definition) is 0. The molecule has 4 heteroatoms. The first kappa shape index (κ1) is 21.6. The van der Waals surface area contributed by atoms with Crippen molar-refractivity contribution in [2.24, 2.45) is 0 Å². The lowest BCUT2D eigenvalue weighted by atomic mass is 9.85. The molecule has 0 saturated heterocycles. The molecular weight excluding hydrogens is 433 g/mol. The van der Waals surface area contributed by atoms with E-state index in [1.165, 1.54) is 21.9 Å². The first-order chi connectivity index (χ1) is 13.9. The van der Waals surface area contributed by atoms with E-state index in [4.69, 9.17) is 34.8 Å². The van der Waals surface area contributed by atoms with Gasteiger partial charge in [-0.05, 0) is 58.4 Å². The Morgan fingerprint density at radius 1 is 0.600 bits per heavy atom. The first-order valence-corrected chi connectivity index (χ1v) is 11.3. The lowest BCUT2D eigenvalue weighted by Gasteiger charge is -2.19. The summed E-state index contributed by atoms with van der Waals surface area (Å²) in [6.45, 7) is 13.5. The molecule has 0 aliphatic heterocycles. The van der Waals surface area contributed by atoms with E-state index >= 15 is 0 Å². The molecule has 1 nitrogen and oxygen atoms in total. The minimum absolute atomic E-state index is 0.0666. The Balaban J connectivity index is 2.14. The van der Waals surface area contributed by atoms with Crippen molar-refractivity contribution in [2.45, 2.75) is 52.4 Å². The molecule has 0 fully saturated rings. The molecule has 4 aromatic rings. The van der Waals surface area contributed by atoms with E-state index in [1.807, 2.05) is 12.1 Å². The molecule has 1 heterocycles. The average molecular weight is 459 g/mol. The van der Waals surface area contributed by atoms with Gasteiger partial charge in [0.25, 0.3) is 0 Å². The number of fused-ring (bicyclic) bond motifs is 3. The van der Waals surface area contributed by atoms with Gasteiger partial charge in [0.1, 0.15) is 0 Å². The second-order valence-electron chi connectivity index (χ2n) is 10.0. The SMILES string of the molecule is CC(C)(C)c1ccc2c(c1)c1cc(C(C)(C)C)ccc1n2-c1cc(Cl)c(Cl)c(Cl)c1. The summed E-state index contributed by atoms with van der Waals surface area (Å²) in [5, 5.41) is 3.74. The van der Waals surface area contributed by atoms with Gasteiger partial charge in [0.15, 0.2) is 0 Å². The fraction of sp³-hybridized carbons (Fsp3) is 0.308. The molecule has 0 bridgehead atoms. The van der Waals surface area contributed by atoms with E-state index in [1.54, 1.807) is 0 Å². The lowest BCUT2D eigenvalue weighted by Crippen LogP contribution is -2.10. The third-order valence-electron chi connectivity index (χ3n) is 5.72. The molecule has 0 amide bonds. The zero-order valence-electron chi connectivity index (χ0n) is 18.2. The second kappa shape index (κ2) is 7.19. The molecule has 3 aromatic carbocycles. The number of aromatic nitrogens is 1. The van der Waals surface area contributed by atoms with Crippen molar-refractivity contribution in [2.75, 3.05) is 0 Å². The van der Waals surface area contributed by atoms with Gasteiger partial charge in [-0.25, -0.2) is 0 Å². The maximum Gasteiger partial charge on any atom is 0.0780 e. The zero-order chi connectivity index (χ0) is 22.0. The van der Waals surface area contributed by atoms with Crippen molar-refractivity contribution in [3.05, 3.63) is 74.7 Å². The summed E-state index contributed by atoms with van der Waals surface area (Å²) in [6, 6.07) is 17.2. The van der Waals surface area contributed by atoms with E-state index in [-0.39, 0.29) is 10.8 Å². The van der Waals surface area contributed by atoms with Crippen LogP contribution in [0, 0.1) is 0 Å². The summed E-state index contributed by atoms with van der Waals surface area (Å²) < 4.78 is 2.22. The minimum Gasteiger partial charge on any atom is -0.309 e. The quantitative estimate of drug-likeness (QED) is 0.250. The molecule has 0 saturated carbocycles. The summed E-state index contributed by atoms with van der Waals surface area (Å²) in [5.41, 5.74) is 5.90. The van der Waals surface area contributed by atoms with E-state index in [0.717, 1.165) is 16.7 Å². The van der Waals surface area contributed by atoms with Crippen molar-refractivity contribution >= 4 is 56.6 Å². The van der Waals surface area contributed by atoms with Crippen LogP contribution >= 0.6 is 34.8 Å². The third-order valence-corrected chi connectivity index (χ3v) is 6.92. The third kappa shape index (κ3) is 3.62. The Bertz CT molecular complexity index is 1190. The van der Waals surface area contributed by atoms with Gasteiger partial charge in [0.05, 0.1) is 26.1 Å². The molecule has 0 aliphatic rings. The highest BCUT2D eigenvalue weighted by atomic mass is 35.5. The number of nitrogens with zero attached hydrogens (tertiary/aromatic N) is 1. The topological polar surface area (TPSA) is 4.93 Å². The Labute approximate surface area is 193 Å². The molecule has 30 heavy (non-hydrogen) atoms. The molecule has 1 aromatic heterocycles. The van der Waals surface area contributed by atoms with Crippen LogP contribution in [0.1, 0.15) is 52.7 Å². The van der Waals surface area contributed by atoms with Crippen molar-refractivity contribution in [1.29, 1.82) is 0 Å². The fourth-order valence-electron chi connectivity index (χ4n) is 3.91. The van der Waals surface area contributed by atoms with E-state index in [2.05, 4.69) is 82.5 Å². The Kier molecular flexibility index (Phi) is 5.17. The van der Waals surface area contributed by atoms with Crippen LogP contribution in [0.3, 0.4) is 0 Å².